The molecule has 0 radical (unpaired) electrons. The SMILES string of the molecule is CC(=O)N(c1ccccc1)[C@H]1C[C@H](C)N(C(=O)OCc2ccccc2)c2ccccc21. The Balaban J connectivity index is 1.64. The van der Waals surface area contributed by atoms with Crippen LogP contribution in [0, 0.1) is 0 Å². The number of anilines is 2. The number of hydrogen-bond donors (Lipinski definition) is 0. The minimum absolute atomic E-state index is 0.0293. The number of fused-ring (bicyclic) bond motifs is 1. The van der Waals surface area contributed by atoms with E-state index in [0.717, 1.165) is 22.5 Å². The summed E-state index contributed by atoms with van der Waals surface area (Å²) in [5.74, 6) is -0.0293. The molecule has 0 unspecified atom stereocenters. The van der Waals surface area contributed by atoms with Gasteiger partial charge < -0.3 is 9.64 Å². The minimum Gasteiger partial charge on any atom is -0.444 e. The fourth-order valence-electron chi connectivity index (χ4n) is 4.26. The van der Waals surface area contributed by atoms with Crippen LogP contribution in [-0.2, 0) is 16.1 Å². The van der Waals surface area contributed by atoms with Crippen LogP contribution in [0.15, 0.2) is 84.9 Å². The topological polar surface area (TPSA) is 49.9 Å². The van der Waals surface area contributed by atoms with Gasteiger partial charge in [0.2, 0.25) is 5.91 Å². The summed E-state index contributed by atoms with van der Waals surface area (Å²) in [7, 11) is 0. The fourth-order valence-corrected chi connectivity index (χ4v) is 4.26. The zero-order valence-corrected chi connectivity index (χ0v) is 17.8. The molecule has 0 aliphatic carbocycles. The van der Waals surface area contributed by atoms with Gasteiger partial charge in [-0.15, -0.1) is 0 Å². The zero-order valence-electron chi connectivity index (χ0n) is 17.8. The molecular formula is C26H26N2O3. The van der Waals surface area contributed by atoms with Crippen LogP contribution in [0.2, 0.25) is 0 Å². The van der Waals surface area contributed by atoms with E-state index in [-0.39, 0.29) is 30.7 Å². The third-order valence-electron chi connectivity index (χ3n) is 5.65. The number of benzene rings is 3. The molecule has 31 heavy (non-hydrogen) atoms. The lowest BCUT2D eigenvalue weighted by Gasteiger charge is -2.42. The van der Waals surface area contributed by atoms with Gasteiger partial charge in [0.25, 0.3) is 0 Å². The normalized spacial score (nSPS) is 17.5. The fraction of sp³-hybridized carbons (Fsp3) is 0.231. The lowest BCUT2D eigenvalue weighted by atomic mass is 9.90. The summed E-state index contributed by atoms with van der Waals surface area (Å²) in [6, 6.07) is 26.8. The van der Waals surface area contributed by atoms with Crippen molar-refractivity contribution in [3.8, 4) is 0 Å². The molecule has 1 aliphatic rings. The summed E-state index contributed by atoms with van der Waals surface area (Å²) in [6.45, 7) is 3.80. The predicted molar refractivity (Wildman–Crippen MR) is 122 cm³/mol. The number of rotatable bonds is 4. The maximum atomic E-state index is 13.0. The number of hydrogen-bond acceptors (Lipinski definition) is 3. The van der Waals surface area contributed by atoms with Crippen LogP contribution in [0.5, 0.6) is 0 Å². The van der Waals surface area contributed by atoms with Crippen molar-refractivity contribution in [3.05, 3.63) is 96.1 Å². The lowest BCUT2D eigenvalue weighted by Crippen LogP contribution is -2.47. The van der Waals surface area contributed by atoms with Crippen molar-refractivity contribution in [2.75, 3.05) is 9.80 Å². The van der Waals surface area contributed by atoms with Crippen LogP contribution in [0.1, 0.15) is 37.4 Å². The summed E-state index contributed by atoms with van der Waals surface area (Å²) in [5.41, 5.74) is 3.52. The van der Waals surface area contributed by atoms with Crippen molar-refractivity contribution in [3.63, 3.8) is 0 Å². The molecule has 1 aliphatic heterocycles. The number of carbonyl (C=O) groups excluding carboxylic acids is 2. The molecule has 3 aromatic rings. The Labute approximate surface area is 182 Å². The Morgan fingerprint density at radius 2 is 1.55 bits per heavy atom. The number of ether oxygens (including phenoxy) is 1. The Morgan fingerprint density at radius 3 is 2.23 bits per heavy atom. The molecule has 3 aromatic carbocycles. The van der Waals surface area contributed by atoms with Gasteiger partial charge in [0.1, 0.15) is 6.61 Å². The molecule has 1 heterocycles. The van der Waals surface area contributed by atoms with Crippen molar-refractivity contribution in [2.24, 2.45) is 0 Å². The molecule has 0 fully saturated rings. The van der Waals surface area contributed by atoms with Gasteiger partial charge in [-0.25, -0.2) is 4.79 Å². The molecule has 4 rings (SSSR count). The number of para-hydroxylation sites is 2. The predicted octanol–water partition coefficient (Wildman–Crippen LogP) is 5.72. The minimum atomic E-state index is -0.378. The average Bonchev–Trinajstić information content (AvgIpc) is 2.79. The molecule has 2 atom stereocenters. The quantitative estimate of drug-likeness (QED) is 0.549. The molecule has 0 spiro atoms. The first-order chi connectivity index (χ1) is 15.1. The van der Waals surface area contributed by atoms with Gasteiger partial charge >= 0.3 is 6.09 Å². The number of carbonyl (C=O) groups is 2. The Morgan fingerprint density at radius 1 is 0.935 bits per heavy atom. The molecule has 0 saturated heterocycles. The van der Waals surface area contributed by atoms with Gasteiger partial charge in [0.15, 0.2) is 0 Å². The maximum absolute atomic E-state index is 13.0. The monoisotopic (exact) mass is 414 g/mol. The second-order valence-corrected chi connectivity index (χ2v) is 7.79. The number of nitrogens with zero attached hydrogens (tertiary/aromatic N) is 2. The van der Waals surface area contributed by atoms with Crippen LogP contribution in [0.4, 0.5) is 16.2 Å². The van der Waals surface area contributed by atoms with E-state index in [1.54, 1.807) is 11.8 Å². The van der Waals surface area contributed by atoms with E-state index in [2.05, 4.69) is 0 Å². The van der Waals surface area contributed by atoms with Crippen LogP contribution in [0.3, 0.4) is 0 Å². The first-order valence-electron chi connectivity index (χ1n) is 10.5. The van der Waals surface area contributed by atoms with Crippen molar-refractivity contribution in [1.29, 1.82) is 0 Å². The van der Waals surface area contributed by atoms with E-state index in [9.17, 15) is 9.59 Å². The first kappa shape index (κ1) is 20.7. The molecule has 5 nitrogen and oxygen atoms in total. The summed E-state index contributed by atoms with van der Waals surface area (Å²) in [5, 5.41) is 0. The van der Waals surface area contributed by atoms with Crippen molar-refractivity contribution < 1.29 is 14.3 Å². The van der Waals surface area contributed by atoms with E-state index in [1.807, 2.05) is 96.8 Å². The third-order valence-corrected chi connectivity index (χ3v) is 5.65. The highest BCUT2D eigenvalue weighted by Crippen LogP contribution is 2.42. The lowest BCUT2D eigenvalue weighted by molar-refractivity contribution is -0.117. The van der Waals surface area contributed by atoms with Gasteiger partial charge in [-0.3, -0.25) is 9.69 Å². The average molecular weight is 415 g/mol. The Hall–Kier alpha value is -3.60. The Bertz CT molecular complexity index is 1050. The smallest absolute Gasteiger partial charge is 0.414 e. The van der Waals surface area contributed by atoms with Gasteiger partial charge in [0, 0.05) is 18.7 Å². The Kier molecular flexibility index (Phi) is 6.03. The van der Waals surface area contributed by atoms with Gasteiger partial charge in [-0.05, 0) is 42.7 Å². The zero-order chi connectivity index (χ0) is 21.8. The van der Waals surface area contributed by atoms with E-state index >= 15 is 0 Å². The summed E-state index contributed by atoms with van der Waals surface area (Å²) in [6.07, 6.45) is 0.239. The van der Waals surface area contributed by atoms with E-state index < -0.39 is 0 Å². The molecule has 0 N–H and O–H groups in total. The third kappa shape index (κ3) is 4.31. The van der Waals surface area contributed by atoms with Gasteiger partial charge in [0.05, 0.1) is 11.7 Å². The largest absolute Gasteiger partial charge is 0.444 e. The molecule has 5 heteroatoms. The standard InChI is InChI=1S/C26H26N2O3/c1-19-17-25(28(20(2)29)22-13-7-4-8-14-22)23-15-9-10-16-24(23)27(19)26(30)31-18-21-11-5-3-6-12-21/h3-16,19,25H,17-18H2,1-2H3/t19-,25-/m0/s1. The van der Waals surface area contributed by atoms with E-state index in [1.165, 1.54) is 0 Å². The van der Waals surface area contributed by atoms with Crippen LogP contribution in [0.25, 0.3) is 0 Å². The second kappa shape index (κ2) is 9.04. The molecule has 0 bridgehead atoms. The number of amides is 2. The molecule has 0 aromatic heterocycles. The first-order valence-corrected chi connectivity index (χ1v) is 10.5. The summed E-state index contributed by atoms with van der Waals surface area (Å²) in [4.78, 5) is 29.2. The highest BCUT2D eigenvalue weighted by molar-refractivity contribution is 5.95. The van der Waals surface area contributed by atoms with Crippen LogP contribution in [-0.4, -0.2) is 18.0 Å². The van der Waals surface area contributed by atoms with E-state index in [4.69, 9.17) is 4.74 Å². The van der Waals surface area contributed by atoms with Crippen LogP contribution >= 0.6 is 0 Å². The van der Waals surface area contributed by atoms with Crippen molar-refractivity contribution in [2.45, 2.75) is 39.0 Å². The van der Waals surface area contributed by atoms with Crippen molar-refractivity contribution in [1.82, 2.24) is 0 Å². The van der Waals surface area contributed by atoms with Gasteiger partial charge in [-0.2, -0.15) is 0 Å². The molecule has 158 valence electrons. The molecular weight excluding hydrogens is 388 g/mol. The second-order valence-electron chi connectivity index (χ2n) is 7.79. The molecule has 0 saturated carbocycles. The van der Waals surface area contributed by atoms with E-state index in [0.29, 0.717) is 6.42 Å². The van der Waals surface area contributed by atoms with Gasteiger partial charge in [-0.1, -0.05) is 66.7 Å². The molecule has 2 amide bonds. The highest BCUT2D eigenvalue weighted by atomic mass is 16.6. The van der Waals surface area contributed by atoms with Crippen molar-refractivity contribution >= 4 is 23.4 Å². The van der Waals surface area contributed by atoms with Crippen LogP contribution < -0.4 is 9.80 Å². The summed E-state index contributed by atoms with van der Waals surface area (Å²) < 4.78 is 5.63. The summed E-state index contributed by atoms with van der Waals surface area (Å²) >= 11 is 0. The highest BCUT2D eigenvalue weighted by Gasteiger charge is 2.38. The maximum Gasteiger partial charge on any atom is 0.414 e.